The number of methoxy groups -OCH3 is 1. The Labute approximate surface area is 125 Å². The summed E-state index contributed by atoms with van der Waals surface area (Å²) in [5.41, 5.74) is 0.330. The molecule has 2 aliphatic rings. The number of ketones is 1. The van der Waals surface area contributed by atoms with Crippen molar-refractivity contribution in [2.24, 2.45) is 11.3 Å². The minimum atomic E-state index is -0.460. The molecule has 3 heteroatoms. The summed E-state index contributed by atoms with van der Waals surface area (Å²) in [6.07, 6.45) is 7.34. The zero-order chi connectivity index (χ0) is 14.7. The van der Waals surface area contributed by atoms with Gasteiger partial charge in [-0.3, -0.25) is 4.79 Å². The molecule has 3 rings (SSSR count). The van der Waals surface area contributed by atoms with Crippen LogP contribution in [0.25, 0.3) is 0 Å². The number of carbonyl (C=O) groups excluding carboxylic acids is 1. The molecule has 112 valence electrons. The minimum Gasteiger partial charge on any atom is -0.471 e. The van der Waals surface area contributed by atoms with Crippen molar-refractivity contribution in [1.82, 2.24) is 0 Å². The molecule has 0 spiro atoms. The Kier molecular flexibility index (Phi) is 4.11. The van der Waals surface area contributed by atoms with Crippen LogP contribution in [0.3, 0.4) is 0 Å². The van der Waals surface area contributed by atoms with Crippen molar-refractivity contribution in [3.63, 3.8) is 0 Å². The molecular weight excluding hydrogens is 264 g/mol. The molecule has 1 fully saturated rings. The van der Waals surface area contributed by atoms with E-state index in [2.05, 4.69) is 6.08 Å². The molecule has 2 aliphatic carbocycles. The highest BCUT2D eigenvalue weighted by atomic mass is 16.7. The second kappa shape index (κ2) is 6.02. The van der Waals surface area contributed by atoms with Gasteiger partial charge in [-0.2, -0.15) is 0 Å². The zero-order valence-electron chi connectivity index (χ0n) is 12.5. The van der Waals surface area contributed by atoms with Crippen LogP contribution in [0.2, 0.25) is 0 Å². The fourth-order valence-corrected chi connectivity index (χ4v) is 3.89. The molecule has 0 bridgehead atoms. The highest BCUT2D eigenvalue weighted by molar-refractivity contribution is 6.02. The summed E-state index contributed by atoms with van der Waals surface area (Å²) in [6.45, 7) is 0.211. The van der Waals surface area contributed by atoms with Crippen LogP contribution in [0.5, 0.6) is 0 Å². The molecule has 0 unspecified atom stereocenters. The second-order valence-electron chi connectivity index (χ2n) is 5.96. The van der Waals surface area contributed by atoms with Crippen molar-refractivity contribution in [2.75, 3.05) is 13.9 Å². The van der Waals surface area contributed by atoms with Gasteiger partial charge in [0.2, 0.25) is 0 Å². The van der Waals surface area contributed by atoms with Gasteiger partial charge in [0.05, 0.1) is 5.41 Å². The summed E-state index contributed by atoms with van der Waals surface area (Å²) < 4.78 is 10.8. The van der Waals surface area contributed by atoms with Crippen LogP contribution in [0.15, 0.2) is 42.2 Å². The van der Waals surface area contributed by atoms with Crippen molar-refractivity contribution < 1.29 is 14.3 Å². The number of rotatable bonds is 5. The normalized spacial score (nSPS) is 27.9. The van der Waals surface area contributed by atoms with Gasteiger partial charge >= 0.3 is 0 Å². The molecule has 21 heavy (non-hydrogen) atoms. The SMILES string of the molecule is COCOC1=CC[C@@H]2CCCC[C@]12C(=O)c1ccccc1. The third-order valence-corrected chi connectivity index (χ3v) is 4.87. The molecule has 0 radical (unpaired) electrons. The number of hydrogen-bond acceptors (Lipinski definition) is 3. The van der Waals surface area contributed by atoms with E-state index in [9.17, 15) is 4.79 Å². The Hall–Kier alpha value is -1.61. The van der Waals surface area contributed by atoms with Gasteiger partial charge in [-0.1, -0.05) is 43.2 Å². The van der Waals surface area contributed by atoms with Gasteiger partial charge in [0.1, 0.15) is 5.76 Å². The molecule has 0 N–H and O–H groups in total. The topological polar surface area (TPSA) is 35.5 Å². The molecule has 0 amide bonds. The van der Waals surface area contributed by atoms with Gasteiger partial charge in [0.25, 0.3) is 0 Å². The third kappa shape index (κ3) is 2.40. The lowest BCUT2D eigenvalue weighted by Crippen LogP contribution is -2.40. The van der Waals surface area contributed by atoms with E-state index in [1.807, 2.05) is 30.3 Å². The highest BCUT2D eigenvalue weighted by Gasteiger charge is 2.53. The van der Waals surface area contributed by atoms with E-state index in [-0.39, 0.29) is 12.6 Å². The van der Waals surface area contributed by atoms with E-state index in [0.717, 1.165) is 37.0 Å². The van der Waals surface area contributed by atoms with Crippen LogP contribution < -0.4 is 0 Å². The first-order valence-electron chi connectivity index (χ1n) is 7.71. The van der Waals surface area contributed by atoms with Crippen LogP contribution in [0, 0.1) is 11.3 Å². The predicted molar refractivity (Wildman–Crippen MR) is 80.8 cm³/mol. The number of allylic oxidation sites excluding steroid dienone is 2. The van der Waals surface area contributed by atoms with Gasteiger partial charge in [0, 0.05) is 12.7 Å². The summed E-state index contributed by atoms with van der Waals surface area (Å²) in [6, 6.07) is 9.62. The maximum atomic E-state index is 13.2. The number of benzene rings is 1. The lowest BCUT2D eigenvalue weighted by molar-refractivity contribution is -0.0251. The average molecular weight is 286 g/mol. The lowest BCUT2D eigenvalue weighted by atomic mass is 9.64. The Morgan fingerprint density at radius 3 is 2.86 bits per heavy atom. The summed E-state index contributed by atoms with van der Waals surface area (Å²) in [5.74, 6) is 1.43. The number of fused-ring (bicyclic) bond motifs is 1. The van der Waals surface area contributed by atoms with Gasteiger partial charge in [0.15, 0.2) is 12.6 Å². The summed E-state index contributed by atoms with van der Waals surface area (Å²) in [7, 11) is 1.61. The van der Waals surface area contributed by atoms with Crippen molar-refractivity contribution in [3.05, 3.63) is 47.7 Å². The van der Waals surface area contributed by atoms with Gasteiger partial charge in [-0.05, 0) is 31.3 Å². The summed E-state index contributed by atoms with van der Waals surface area (Å²) in [4.78, 5) is 13.2. The second-order valence-corrected chi connectivity index (χ2v) is 5.96. The van der Waals surface area contributed by atoms with Crippen LogP contribution in [0.4, 0.5) is 0 Å². The maximum absolute atomic E-state index is 13.2. The Morgan fingerprint density at radius 2 is 2.10 bits per heavy atom. The Balaban J connectivity index is 1.95. The standard InChI is InChI=1S/C18H22O3/c1-20-13-21-16-11-10-15-9-5-6-12-18(15,16)17(19)14-7-3-2-4-8-14/h2-4,7-8,11,15H,5-6,9-10,12-13H2,1H3/t15-,18+/m0/s1. The van der Waals surface area contributed by atoms with Gasteiger partial charge in [-0.25, -0.2) is 0 Å². The molecule has 0 saturated heterocycles. The van der Waals surface area contributed by atoms with E-state index in [0.29, 0.717) is 5.92 Å². The molecule has 0 aromatic heterocycles. The lowest BCUT2D eigenvalue weighted by Gasteiger charge is -2.40. The number of Topliss-reactive ketones (excluding diaryl/α,β-unsaturated/α-hetero) is 1. The van der Waals surface area contributed by atoms with E-state index in [4.69, 9.17) is 9.47 Å². The molecule has 0 heterocycles. The summed E-state index contributed by atoms with van der Waals surface area (Å²) in [5, 5.41) is 0. The minimum absolute atomic E-state index is 0.211. The monoisotopic (exact) mass is 286 g/mol. The predicted octanol–water partition coefficient (Wildman–Crippen LogP) is 3.95. The number of hydrogen-bond donors (Lipinski definition) is 0. The van der Waals surface area contributed by atoms with Gasteiger partial charge in [-0.15, -0.1) is 0 Å². The molecule has 0 aliphatic heterocycles. The smallest absolute Gasteiger partial charge is 0.188 e. The molecule has 1 saturated carbocycles. The number of ether oxygens (including phenoxy) is 2. The van der Waals surface area contributed by atoms with Crippen LogP contribution in [-0.2, 0) is 9.47 Å². The Bertz CT molecular complexity index is 535. The van der Waals surface area contributed by atoms with E-state index in [1.54, 1.807) is 7.11 Å². The first-order valence-corrected chi connectivity index (χ1v) is 7.71. The first kappa shape index (κ1) is 14.3. The molecule has 1 aromatic carbocycles. The fourth-order valence-electron chi connectivity index (χ4n) is 3.89. The molecule has 1 aromatic rings. The average Bonchev–Trinajstić information content (AvgIpc) is 2.92. The zero-order valence-corrected chi connectivity index (χ0v) is 12.5. The van der Waals surface area contributed by atoms with E-state index < -0.39 is 5.41 Å². The summed E-state index contributed by atoms with van der Waals surface area (Å²) >= 11 is 0. The molecule has 2 atom stereocenters. The highest BCUT2D eigenvalue weighted by Crippen LogP contribution is 2.54. The first-order chi connectivity index (χ1) is 10.3. The van der Waals surface area contributed by atoms with Crippen LogP contribution in [-0.4, -0.2) is 19.7 Å². The van der Waals surface area contributed by atoms with Crippen LogP contribution >= 0.6 is 0 Å². The fraction of sp³-hybridized carbons (Fsp3) is 0.500. The number of carbonyl (C=O) groups is 1. The quantitative estimate of drug-likeness (QED) is 0.607. The molecule has 3 nitrogen and oxygen atoms in total. The van der Waals surface area contributed by atoms with Crippen LogP contribution in [0.1, 0.15) is 42.5 Å². The third-order valence-electron chi connectivity index (χ3n) is 4.87. The van der Waals surface area contributed by atoms with E-state index >= 15 is 0 Å². The van der Waals surface area contributed by atoms with Crippen molar-refractivity contribution in [3.8, 4) is 0 Å². The van der Waals surface area contributed by atoms with E-state index in [1.165, 1.54) is 6.42 Å². The van der Waals surface area contributed by atoms with Gasteiger partial charge < -0.3 is 9.47 Å². The van der Waals surface area contributed by atoms with Crippen molar-refractivity contribution in [1.29, 1.82) is 0 Å². The largest absolute Gasteiger partial charge is 0.471 e. The van der Waals surface area contributed by atoms with Crippen molar-refractivity contribution in [2.45, 2.75) is 32.1 Å². The molecular formula is C18H22O3. The van der Waals surface area contributed by atoms with Crippen molar-refractivity contribution >= 4 is 5.78 Å². The Morgan fingerprint density at radius 1 is 1.29 bits per heavy atom. The maximum Gasteiger partial charge on any atom is 0.188 e.